The SMILES string of the molecule is NC1CCCC(C(=O)NCC2(c3ccc(Cl)cc3)CCOCC2)C1. The summed E-state index contributed by atoms with van der Waals surface area (Å²) in [5.74, 6) is 0.223. The van der Waals surface area contributed by atoms with Gasteiger partial charge in [0, 0.05) is 42.2 Å². The quantitative estimate of drug-likeness (QED) is 0.877. The highest BCUT2D eigenvalue weighted by atomic mass is 35.5. The molecular formula is C19H27ClN2O2. The normalized spacial score (nSPS) is 26.8. The van der Waals surface area contributed by atoms with Crippen LogP contribution in [-0.4, -0.2) is 31.7 Å². The van der Waals surface area contributed by atoms with Crippen LogP contribution in [0, 0.1) is 5.92 Å². The van der Waals surface area contributed by atoms with Crippen LogP contribution in [0.1, 0.15) is 44.1 Å². The lowest BCUT2D eigenvalue weighted by atomic mass is 9.74. The molecule has 132 valence electrons. The molecule has 1 saturated heterocycles. The highest BCUT2D eigenvalue weighted by Gasteiger charge is 2.36. The van der Waals surface area contributed by atoms with Gasteiger partial charge in [-0.15, -0.1) is 0 Å². The largest absolute Gasteiger partial charge is 0.381 e. The lowest BCUT2D eigenvalue weighted by Gasteiger charge is -2.38. The molecule has 1 amide bonds. The Hall–Kier alpha value is -1.10. The third-order valence-electron chi connectivity index (χ3n) is 5.59. The molecule has 2 atom stereocenters. The topological polar surface area (TPSA) is 64.4 Å². The molecule has 5 heteroatoms. The third-order valence-corrected chi connectivity index (χ3v) is 5.85. The molecule has 1 aliphatic heterocycles. The smallest absolute Gasteiger partial charge is 0.223 e. The molecule has 1 saturated carbocycles. The van der Waals surface area contributed by atoms with Crippen LogP contribution in [0.3, 0.4) is 0 Å². The van der Waals surface area contributed by atoms with Crippen LogP contribution in [0.15, 0.2) is 24.3 Å². The van der Waals surface area contributed by atoms with Crippen molar-refractivity contribution in [3.63, 3.8) is 0 Å². The van der Waals surface area contributed by atoms with E-state index in [4.69, 9.17) is 22.1 Å². The number of nitrogens with one attached hydrogen (secondary N) is 1. The van der Waals surface area contributed by atoms with Crippen LogP contribution in [0.5, 0.6) is 0 Å². The minimum atomic E-state index is -0.0602. The number of nitrogens with two attached hydrogens (primary N) is 1. The number of ether oxygens (including phenoxy) is 1. The van der Waals surface area contributed by atoms with Crippen LogP contribution < -0.4 is 11.1 Å². The van der Waals surface area contributed by atoms with Crippen molar-refractivity contribution in [2.24, 2.45) is 11.7 Å². The Morgan fingerprint density at radius 3 is 2.62 bits per heavy atom. The Bertz CT molecular complexity index is 555. The fraction of sp³-hybridized carbons (Fsp3) is 0.632. The Balaban J connectivity index is 1.68. The van der Waals surface area contributed by atoms with Gasteiger partial charge in [0.15, 0.2) is 0 Å². The van der Waals surface area contributed by atoms with Gasteiger partial charge >= 0.3 is 0 Å². The minimum absolute atomic E-state index is 0.0602. The molecule has 2 unspecified atom stereocenters. The first kappa shape index (κ1) is 17.7. The van der Waals surface area contributed by atoms with E-state index in [1.807, 2.05) is 12.1 Å². The molecule has 0 bridgehead atoms. The zero-order valence-electron chi connectivity index (χ0n) is 14.1. The zero-order chi connectivity index (χ0) is 17.0. The van der Waals surface area contributed by atoms with E-state index >= 15 is 0 Å². The van der Waals surface area contributed by atoms with Gasteiger partial charge in [-0.05, 0) is 49.8 Å². The van der Waals surface area contributed by atoms with Gasteiger partial charge < -0.3 is 15.8 Å². The van der Waals surface area contributed by atoms with Crippen molar-refractivity contribution in [2.45, 2.75) is 50.0 Å². The number of benzene rings is 1. The highest BCUT2D eigenvalue weighted by Crippen LogP contribution is 2.35. The fourth-order valence-corrected chi connectivity index (χ4v) is 4.13. The van der Waals surface area contributed by atoms with E-state index < -0.39 is 0 Å². The van der Waals surface area contributed by atoms with Crippen molar-refractivity contribution < 1.29 is 9.53 Å². The van der Waals surface area contributed by atoms with Gasteiger partial charge in [-0.2, -0.15) is 0 Å². The standard InChI is InChI=1S/C19H27ClN2O2/c20-16-6-4-15(5-7-16)19(8-10-24-11-9-19)13-22-18(23)14-2-1-3-17(21)12-14/h4-7,14,17H,1-3,8-13,21H2,(H,22,23). The molecule has 4 nitrogen and oxygen atoms in total. The predicted molar refractivity (Wildman–Crippen MR) is 96.1 cm³/mol. The Kier molecular flexibility index (Phi) is 5.80. The van der Waals surface area contributed by atoms with Crippen molar-refractivity contribution >= 4 is 17.5 Å². The summed E-state index contributed by atoms with van der Waals surface area (Å²) in [4.78, 5) is 12.6. The number of carbonyl (C=O) groups is 1. The van der Waals surface area contributed by atoms with Crippen molar-refractivity contribution in [3.05, 3.63) is 34.9 Å². The average Bonchev–Trinajstić information content (AvgIpc) is 2.61. The molecule has 1 heterocycles. The number of hydrogen-bond acceptors (Lipinski definition) is 3. The molecule has 3 rings (SSSR count). The number of carbonyl (C=O) groups excluding carboxylic acids is 1. The first-order valence-corrected chi connectivity index (χ1v) is 9.34. The van der Waals surface area contributed by atoms with Gasteiger partial charge in [0.1, 0.15) is 0 Å². The second kappa shape index (κ2) is 7.85. The van der Waals surface area contributed by atoms with E-state index in [2.05, 4.69) is 17.4 Å². The predicted octanol–water partition coefficient (Wildman–Crippen LogP) is 3.02. The highest BCUT2D eigenvalue weighted by molar-refractivity contribution is 6.30. The lowest BCUT2D eigenvalue weighted by Crippen LogP contribution is -2.47. The van der Waals surface area contributed by atoms with Crippen molar-refractivity contribution in [1.82, 2.24) is 5.32 Å². The molecule has 0 spiro atoms. The van der Waals surface area contributed by atoms with Gasteiger partial charge in [0.2, 0.25) is 5.91 Å². The van der Waals surface area contributed by atoms with E-state index in [0.29, 0.717) is 6.54 Å². The van der Waals surface area contributed by atoms with Crippen LogP contribution in [0.4, 0.5) is 0 Å². The summed E-state index contributed by atoms with van der Waals surface area (Å²) >= 11 is 6.03. The maximum Gasteiger partial charge on any atom is 0.223 e. The van der Waals surface area contributed by atoms with Crippen molar-refractivity contribution in [1.29, 1.82) is 0 Å². The molecular weight excluding hydrogens is 324 g/mol. The summed E-state index contributed by atoms with van der Waals surface area (Å²) < 4.78 is 5.55. The number of hydrogen-bond donors (Lipinski definition) is 2. The molecule has 0 radical (unpaired) electrons. The third kappa shape index (κ3) is 4.11. The van der Waals surface area contributed by atoms with E-state index in [-0.39, 0.29) is 23.3 Å². The maximum absolute atomic E-state index is 12.6. The van der Waals surface area contributed by atoms with Crippen molar-refractivity contribution in [3.8, 4) is 0 Å². The second-order valence-corrected chi connectivity index (χ2v) is 7.68. The van der Waals surface area contributed by atoms with Crippen LogP contribution >= 0.6 is 11.6 Å². The second-order valence-electron chi connectivity index (χ2n) is 7.24. The molecule has 1 aliphatic carbocycles. The van der Waals surface area contributed by atoms with E-state index in [0.717, 1.165) is 56.8 Å². The number of halogens is 1. The summed E-state index contributed by atoms with van der Waals surface area (Å²) in [7, 11) is 0. The molecule has 2 aliphatic rings. The summed E-state index contributed by atoms with van der Waals surface area (Å²) in [6.45, 7) is 2.11. The zero-order valence-corrected chi connectivity index (χ0v) is 14.9. The molecule has 2 fully saturated rings. The van der Waals surface area contributed by atoms with Crippen molar-refractivity contribution in [2.75, 3.05) is 19.8 Å². The molecule has 24 heavy (non-hydrogen) atoms. The van der Waals surface area contributed by atoms with E-state index in [1.54, 1.807) is 0 Å². The Morgan fingerprint density at radius 1 is 1.25 bits per heavy atom. The van der Waals surface area contributed by atoms with Gasteiger partial charge in [-0.25, -0.2) is 0 Å². The van der Waals surface area contributed by atoms with Crippen LogP contribution in [0.25, 0.3) is 0 Å². The maximum atomic E-state index is 12.6. The lowest BCUT2D eigenvalue weighted by molar-refractivity contribution is -0.126. The molecule has 1 aromatic rings. The first-order chi connectivity index (χ1) is 11.6. The molecule has 0 aromatic heterocycles. The van der Waals surface area contributed by atoms with Crippen LogP contribution in [0.2, 0.25) is 5.02 Å². The fourth-order valence-electron chi connectivity index (χ4n) is 4.00. The van der Waals surface area contributed by atoms with Crippen LogP contribution in [-0.2, 0) is 14.9 Å². The van der Waals surface area contributed by atoms with E-state index in [1.165, 1.54) is 5.56 Å². The Labute approximate surface area is 149 Å². The monoisotopic (exact) mass is 350 g/mol. The number of amides is 1. The summed E-state index contributed by atoms with van der Waals surface area (Å²) in [6.07, 6.45) is 5.68. The minimum Gasteiger partial charge on any atom is -0.381 e. The van der Waals surface area contributed by atoms with Gasteiger partial charge in [0.25, 0.3) is 0 Å². The first-order valence-electron chi connectivity index (χ1n) is 8.96. The molecule has 1 aromatic carbocycles. The van der Waals surface area contributed by atoms with Gasteiger partial charge in [-0.3, -0.25) is 4.79 Å². The molecule has 3 N–H and O–H groups in total. The number of rotatable bonds is 4. The van der Waals surface area contributed by atoms with Gasteiger partial charge in [0.05, 0.1) is 0 Å². The average molecular weight is 351 g/mol. The summed E-state index contributed by atoms with van der Waals surface area (Å²) in [5, 5.41) is 3.95. The summed E-state index contributed by atoms with van der Waals surface area (Å²) in [6, 6.07) is 8.18. The van der Waals surface area contributed by atoms with Gasteiger partial charge in [-0.1, -0.05) is 30.2 Å². The summed E-state index contributed by atoms with van der Waals surface area (Å²) in [5.41, 5.74) is 7.20. The Morgan fingerprint density at radius 2 is 1.96 bits per heavy atom. The van der Waals surface area contributed by atoms with E-state index in [9.17, 15) is 4.79 Å².